The van der Waals surface area contributed by atoms with E-state index in [0.717, 1.165) is 33.3 Å². The zero-order valence-electron chi connectivity index (χ0n) is 16.7. The van der Waals surface area contributed by atoms with E-state index >= 15 is 0 Å². The van der Waals surface area contributed by atoms with E-state index in [9.17, 15) is 4.79 Å². The van der Waals surface area contributed by atoms with Crippen molar-refractivity contribution in [3.05, 3.63) is 89.2 Å². The topological polar surface area (TPSA) is 85.8 Å². The van der Waals surface area contributed by atoms with Crippen LogP contribution in [0.3, 0.4) is 0 Å². The maximum Gasteiger partial charge on any atom is 0.252 e. The van der Waals surface area contributed by atoms with Gasteiger partial charge in [0.2, 0.25) is 0 Å². The van der Waals surface area contributed by atoms with Crippen molar-refractivity contribution < 1.29 is 9.32 Å². The number of nitrogens with zero attached hydrogens (tertiary/aromatic N) is 4. The van der Waals surface area contributed by atoms with E-state index in [0.29, 0.717) is 17.9 Å². The first-order valence-corrected chi connectivity index (χ1v) is 10.5. The highest BCUT2D eigenvalue weighted by Crippen LogP contribution is 2.28. The normalized spacial score (nSPS) is 10.9. The molecule has 0 fully saturated rings. The Morgan fingerprint density at radius 1 is 1.17 bits per heavy atom. The number of hydrogen-bond donors (Lipinski definition) is 1. The summed E-state index contributed by atoms with van der Waals surface area (Å²) in [6, 6.07) is 13.3. The van der Waals surface area contributed by atoms with Crippen LogP contribution >= 0.6 is 11.8 Å². The molecule has 1 N–H and O–H groups in total. The Morgan fingerprint density at radius 2 is 2.03 bits per heavy atom. The fourth-order valence-electron chi connectivity index (χ4n) is 2.98. The quantitative estimate of drug-likeness (QED) is 0.454. The Kier molecular flexibility index (Phi) is 5.94. The van der Waals surface area contributed by atoms with Crippen molar-refractivity contribution in [3.8, 4) is 5.82 Å². The molecule has 7 nitrogen and oxygen atoms in total. The molecule has 8 heteroatoms. The zero-order chi connectivity index (χ0) is 20.9. The second kappa shape index (κ2) is 8.96. The molecule has 3 aromatic heterocycles. The Morgan fingerprint density at radius 3 is 2.73 bits per heavy atom. The first kappa shape index (κ1) is 19.9. The predicted molar refractivity (Wildman–Crippen MR) is 115 cm³/mol. The van der Waals surface area contributed by atoms with Gasteiger partial charge in [0.05, 0.1) is 11.3 Å². The highest BCUT2D eigenvalue weighted by atomic mass is 32.2. The summed E-state index contributed by atoms with van der Waals surface area (Å²) in [6.45, 7) is 4.23. The molecule has 0 aliphatic rings. The van der Waals surface area contributed by atoms with Crippen molar-refractivity contribution in [3.63, 3.8) is 0 Å². The van der Waals surface area contributed by atoms with Crippen molar-refractivity contribution in [2.24, 2.45) is 0 Å². The van der Waals surface area contributed by atoms with Gasteiger partial charge in [-0.15, -0.1) is 11.8 Å². The number of benzene rings is 1. The van der Waals surface area contributed by atoms with E-state index in [1.807, 2.05) is 62.5 Å². The van der Waals surface area contributed by atoms with Crippen LogP contribution in [-0.4, -0.2) is 25.8 Å². The van der Waals surface area contributed by atoms with E-state index in [4.69, 9.17) is 4.52 Å². The number of carbonyl (C=O) groups excluding carboxylic acids is 1. The molecule has 0 saturated carbocycles. The molecule has 4 aromatic rings. The predicted octanol–water partition coefficient (Wildman–Crippen LogP) is 4.09. The van der Waals surface area contributed by atoms with Crippen LogP contribution in [0.1, 0.15) is 32.9 Å². The number of thioether (sulfide) groups is 1. The molecular weight excluding hydrogens is 398 g/mol. The second-order valence-electron chi connectivity index (χ2n) is 6.75. The summed E-state index contributed by atoms with van der Waals surface area (Å²) in [7, 11) is 0. The van der Waals surface area contributed by atoms with Crippen LogP contribution in [0.25, 0.3) is 5.82 Å². The lowest BCUT2D eigenvalue weighted by atomic mass is 10.2. The molecule has 0 spiro atoms. The van der Waals surface area contributed by atoms with E-state index in [2.05, 4.69) is 20.6 Å². The minimum atomic E-state index is -0.118. The van der Waals surface area contributed by atoms with Gasteiger partial charge in [-0.1, -0.05) is 23.4 Å². The molecule has 30 heavy (non-hydrogen) atoms. The molecule has 0 saturated heterocycles. The smallest absolute Gasteiger partial charge is 0.252 e. The molecule has 4 rings (SSSR count). The van der Waals surface area contributed by atoms with Crippen LogP contribution < -0.4 is 5.32 Å². The molecule has 152 valence electrons. The number of rotatable bonds is 7. The number of aromatic nitrogens is 4. The number of amides is 1. The zero-order valence-corrected chi connectivity index (χ0v) is 17.5. The Hall–Kier alpha value is -3.39. The number of nitrogens with one attached hydrogen (secondary N) is 1. The lowest BCUT2D eigenvalue weighted by molar-refractivity contribution is 0.0948. The molecular formula is C22H21N5O2S. The standard InChI is InChI=1S/C22H21N5O2S/c1-15-19(16(2)29-26-15)14-30-20-7-4-3-6-18(20)22(28)24-13-17-8-9-21(23-12-17)27-11-5-10-25-27/h3-12H,13-14H2,1-2H3,(H,24,28). The van der Waals surface area contributed by atoms with Crippen molar-refractivity contribution in [2.45, 2.75) is 31.0 Å². The van der Waals surface area contributed by atoms with E-state index in [-0.39, 0.29) is 5.91 Å². The number of aryl methyl sites for hydroxylation is 2. The summed E-state index contributed by atoms with van der Waals surface area (Å²) in [5, 5.41) is 11.1. The van der Waals surface area contributed by atoms with Crippen LogP contribution in [0.5, 0.6) is 0 Å². The van der Waals surface area contributed by atoms with Gasteiger partial charge in [0.15, 0.2) is 5.82 Å². The highest BCUT2D eigenvalue weighted by molar-refractivity contribution is 7.98. The van der Waals surface area contributed by atoms with Gasteiger partial charge in [-0.25, -0.2) is 9.67 Å². The fourth-order valence-corrected chi connectivity index (χ4v) is 4.18. The largest absolute Gasteiger partial charge is 0.361 e. The maximum atomic E-state index is 12.8. The third-order valence-corrected chi connectivity index (χ3v) is 5.79. The van der Waals surface area contributed by atoms with Crippen molar-refractivity contribution in [1.82, 2.24) is 25.2 Å². The third-order valence-electron chi connectivity index (χ3n) is 4.69. The summed E-state index contributed by atoms with van der Waals surface area (Å²) in [5.41, 5.74) is 3.52. The van der Waals surface area contributed by atoms with E-state index < -0.39 is 0 Å². The summed E-state index contributed by atoms with van der Waals surface area (Å²) in [5.74, 6) is 2.13. The minimum absolute atomic E-state index is 0.118. The first-order valence-electron chi connectivity index (χ1n) is 9.48. The Balaban J connectivity index is 1.40. The van der Waals surface area contributed by atoms with Crippen LogP contribution in [0.4, 0.5) is 0 Å². The van der Waals surface area contributed by atoms with Crippen LogP contribution in [-0.2, 0) is 12.3 Å². The molecule has 0 unspecified atom stereocenters. The first-order chi connectivity index (χ1) is 14.6. The summed E-state index contributed by atoms with van der Waals surface area (Å²) < 4.78 is 6.92. The minimum Gasteiger partial charge on any atom is -0.361 e. The van der Waals surface area contributed by atoms with Gasteiger partial charge in [0.25, 0.3) is 5.91 Å². The Bertz CT molecular complexity index is 1120. The van der Waals surface area contributed by atoms with Gasteiger partial charge in [-0.3, -0.25) is 4.79 Å². The van der Waals surface area contributed by atoms with Gasteiger partial charge >= 0.3 is 0 Å². The Labute approximate surface area is 178 Å². The average molecular weight is 420 g/mol. The number of pyridine rings is 1. The van der Waals surface area contributed by atoms with Crippen molar-refractivity contribution in [1.29, 1.82) is 0 Å². The van der Waals surface area contributed by atoms with Gasteiger partial charge in [0.1, 0.15) is 5.76 Å². The number of carbonyl (C=O) groups is 1. The van der Waals surface area contributed by atoms with Crippen molar-refractivity contribution >= 4 is 17.7 Å². The lowest BCUT2D eigenvalue weighted by Gasteiger charge is -2.10. The van der Waals surface area contributed by atoms with Crippen LogP contribution in [0.2, 0.25) is 0 Å². The molecule has 0 radical (unpaired) electrons. The summed E-state index contributed by atoms with van der Waals surface area (Å²) in [6.07, 6.45) is 5.29. The average Bonchev–Trinajstić information content (AvgIpc) is 3.42. The molecule has 0 aliphatic heterocycles. The van der Waals surface area contributed by atoms with E-state index in [1.54, 1.807) is 28.8 Å². The third kappa shape index (κ3) is 4.44. The van der Waals surface area contributed by atoms with Crippen LogP contribution in [0.15, 0.2) is 70.5 Å². The van der Waals surface area contributed by atoms with Gasteiger partial charge in [0, 0.05) is 41.3 Å². The molecule has 0 aliphatic carbocycles. The molecule has 0 atom stereocenters. The molecule has 0 bridgehead atoms. The molecule has 3 heterocycles. The van der Waals surface area contributed by atoms with Crippen LogP contribution in [0, 0.1) is 13.8 Å². The fraction of sp³-hybridized carbons (Fsp3) is 0.182. The SMILES string of the molecule is Cc1noc(C)c1CSc1ccccc1C(=O)NCc1ccc(-n2cccn2)nc1. The lowest BCUT2D eigenvalue weighted by Crippen LogP contribution is -2.23. The molecule has 1 amide bonds. The molecule has 1 aromatic carbocycles. The highest BCUT2D eigenvalue weighted by Gasteiger charge is 2.14. The van der Waals surface area contributed by atoms with Crippen molar-refractivity contribution in [2.75, 3.05) is 0 Å². The summed E-state index contributed by atoms with van der Waals surface area (Å²) in [4.78, 5) is 18.1. The number of hydrogen-bond acceptors (Lipinski definition) is 6. The summed E-state index contributed by atoms with van der Waals surface area (Å²) >= 11 is 1.60. The van der Waals surface area contributed by atoms with Gasteiger partial charge < -0.3 is 9.84 Å². The van der Waals surface area contributed by atoms with E-state index in [1.165, 1.54) is 0 Å². The monoisotopic (exact) mass is 419 g/mol. The maximum absolute atomic E-state index is 12.8. The second-order valence-corrected chi connectivity index (χ2v) is 7.76. The van der Waals surface area contributed by atoms with Gasteiger partial charge in [-0.2, -0.15) is 5.10 Å². The van der Waals surface area contributed by atoms with Gasteiger partial charge in [-0.05, 0) is 43.7 Å².